The Morgan fingerprint density at radius 3 is 2.52 bits per heavy atom. The van der Waals surface area contributed by atoms with Crippen molar-refractivity contribution >= 4 is 11.9 Å². The molecule has 6 heteroatoms. The van der Waals surface area contributed by atoms with Gasteiger partial charge in [0.1, 0.15) is 17.9 Å². The van der Waals surface area contributed by atoms with Crippen molar-refractivity contribution in [1.29, 1.82) is 0 Å². The molecule has 6 nitrogen and oxygen atoms in total. The maximum Gasteiger partial charge on any atom is 0.325 e. The molecule has 0 aliphatic heterocycles. The fourth-order valence-electron chi connectivity index (χ4n) is 1.87. The average Bonchev–Trinajstić information content (AvgIpc) is 2.48. The van der Waals surface area contributed by atoms with Crippen molar-refractivity contribution in [2.75, 3.05) is 20.2 Å². The van der Waals surface area contributed by atoms with Gasteiger partial charge in [-0.15, -0.1) is 0 Å². The van der Waals surface area contributed by atoms with E-state index in [9.17, 15) is 4.79 Å². The first-order valence-corrected chi connectivity index (χ1v) is 7.71. The molecule has 1 aromatic carbocycles. The third kappa shape index (κ3) is 7.54. The van der Waals surface area contributed by atoms with Crippen molar-refractivity contribution in [2.24, 2.45) is 4.99 Å². The predicted molar refractivity (Wildman–Crippen MR) is 91.7 cm³/mol. The largest absolute Gasteiger partial charge is 0.496 e. The number of hydrogen-bond donors (Lipinski definition) is 2. The maximum absolute atomic E-state index is 11.8. The second-order valence-electron chi connectivity index (χ2n) is 5.95. The quantitative estimate of drug-likeness (QED) is 0.477. The monoisotopic (exact) mass is 321 g/mol. The van der Waals surface area contributed by atoms with Gasteiger partial charge in [0.05, 0.1) is 13.7 Å². The summed E-state index contributed by atoms with van der Waals surface area (Å²) in [7, 11) is 1.63. The molecular formula is C17H27N3O3. The zero-order valence-corrected chi connectivity index (χ0v) is 14.6. The predicted octanol–water partition coefficient (Wildman–Crippen LogP) is 2.09. The van der Waals surface area contributed by atoms with Crippen LogP contribution in [0.5, 0.6) is 5.75 Å². The molecule has 0 fully saturated rings. The van der Waals surface area contributed by atoms with Gasteiger partial charge in [0.2, 0.25) is 0 Å². The molecule has 0 saturated heterocycles. The molecule has 2 N–H and O–H groups in total. The Bertz CT molecular complexity index is 536. The van der Waals surface area contributed by atoms with Crippen LogP contribution in [0.3, 0.4) is 0 Å². The summed E-state index contributed by atoms with van der Waals surface area (Å²) in [6.45, 7) is 8.70. The first kappa shape index (κ1) is 18.8. The van der Waals surface area contributed by atoms with Crippen LogP contribution < -0.4 is 15.4 Å². The number of nitrogens with one attached hydrogen (secondary N) is 2. The molecule has 1 aromatic rings. The molecule has 23 heavy (non-hydrogen) atoms. The number of methoxy groups -OCH3 is 1. The summed E-state index contributed by atoms with van der Waals surface area (Å²) in [6, 6.07) is 7.71. The first-order valence-electron chi connectivity index (χ1n) is 7.71. The average molecular weight is 321 g/mol. The fourth-order valence-corrected chi connectivity index (χ4v) is 1.87. The highest BCUT2D eigenvalue weighted by atomic mass is 16.6. The minimum Gasteiger partial charge on any atom is -0.496 e. The normalized spacial score (nSPS) is 11.8. The Kier molecular flexibility index (Phi) is 7.38. The van der Waals surface area contributed by atoms with Crippen LogP contribution in [0.25, 0.3) is 0 Å². The highest BCUT2D eigenvalue weighted by molar-refractivity contribution is 5.84. The highest BCUT2D eigenvalue weighted by Crippen LogP contribution is 2.17. The number of rotatable bonds is 6. The van der Waals surface area contributed by atoms with Gasteiger partial charge >= 0.3 is 5.97 Å². The van der Waals surface area contributed by atoms with Crippen molar-refractivity contribution < 1.29 is 14.3 Å². The van der Waals surface area contributed by atoms with Gasteiger partial charge in [0.15, 0.2) is 5.96 Å². The molecule has 0 saturated carbocycles. The number of para-hydroxylation sites is 1. The standard InChI is InChI=1S/C17H27N3O3/c1-6-18-16(20-12-15(21)23-17(2,3)4)19-11-13-9-7-8-10-14(13)22-5/h7-10H,6,11-12H2,1-5H3,(H2,18,19,20). The van der Waals surface area contributed by atoms with E-state index in [0.717, 1.165) is 11.3 Å². The number of hydrogen-bond acceptors (Lipinski definition) is 4. The molecule has 0 heterocycles. The summed E-state index contributed by atoms with van der Waals surface area (Å²) in [5.74, 6) is 1.03. The second-order valence-corrected chi connectivity index (χ2v) is 5.95. The molecule has 0 aromatic heterocycles. The summed E-state index contributed by atoms with van der Waals surface area (Å²) in [5.41, 5.74) is 0.482. The zero-order chi connectivity index (χ0) is 17.3. The minimum atomic E-state index is -0.494. The Morgan fingerprint density at radius 1 is 1.22 bits per heavy atom. The van der Waals surface area contributed by atoms with E-state index in [-0.39, 0.29) is 12.5 Å². The van der Waals surface area contributed by atoms with Gasteiger partial charge < -0.3 is 20.1 Å². The number of carbonyl (C=O) groups is 1. The number of esters is 1. The van der Waals surface area contributed by atoms with Crippen LogP contribution in [0.2, 0.25) is 0 Å². The molecule has 0 unspecified atom stereocenters. The number of nitrogens with zero attached hydrogens (tertiary/aromatic N) is 1. The molecule has 1 rings (SSSR count). The number of ether oxygens (including phenoxy) is 2. The molecule has 0 aliphatic rings. The van der Waals surface area contributed by atoms with Gasteiger partial charge in [-0.05, 0) is 33.8 Å². The Morgan fingerprint density at radius 2 is 1.91 bits per heavy atom. The lowest BCUT2D eigenvalue weighted by atomic mass is 10.2. The smallest absolute Gasteiger partial charge is 0.325 e. The third-order valence-corrected chi connectivity index (χ3v) is 2.76. The van der Waals surface area contributed by atoms with Crippen LogP contribution in [0.15, 0.2) is 29.3 Å². The maximum atomic E-state index is 11.8. The Labute approximate surface area is 138 Å². The Balaban J connectivity index is 2.65. The van der Waals surface area contributed by atoms with E-state index in [4.69, 9.17) is 9.47 Å². The van der Waals surface area contributed by atoms with Crippen LogP contribution in [-0.4, -0.2) is 37.7 Å². The molecular weight excluding hydrogens is 294 g/mol. The van der Waals surface area contributed by atoms with Gasteiger partial charge in [-0.1, -0.05) is 18.2 Å². The van der Waals surface area contributed by atoms with Crippen LogP contribution in [-0.2, 0) is 16.1 Å². The molecule has 0 atom stereocenters. The van der Waals surface area contributed by atoms with Crippen molar-refractivity contribution in [2.45, 2.75) is 39.8 Å². The lowest BCUT2D eigenvalue weighted by Crippen LogP contribution is -2.41. The van der Waals surface area contributed by atoms with Crippen LogP contribution in [0.4, 0.5) is 0 Å². The van der Waals surface area contributed by atoms with Gasteiger partial charge in [-0.25, -0.2) is 4.99 Å². The van der Waals surface area contributed by atoms with Crippen molar-refractivity contribution in [3.05, 3.63) is 29.8 Å². The third-order valence-electron chi connectivity index (χ3n) is 2.76. The van der Waals surface area contributed by atoms with Gasteiger partial charge in [-0.2, -0.15) is 0 Å². The summed E-state index contributed by atoms with van der Waals surface area (Å²) in [4.78, 5) is 16.2. The lowest BCUT2D eigenvalue weighted by molar-refractivity contribution is -0.153. The number of guanidine groups is 1. The van der Waals surface area contributed by atoms with E-state index in [1.165, 1.54) is 0 Å². The summed E-state index contributed by atoms with van der Waals surface area (Å²) in [6.07, 6.45) is 0. The van der Waals surface area contributed by atoms with Crippen LogP contribution >= 0.6 is 0 Å². The SMILES string of the molecule is CCNC(=NCc1ccccc1OC)NCC(=O)OC(C)(C)C. The van der Waals surface area contributed by atoms with E-state index in [2.05, 4.69) is 15.6 Å². The molecule has 0 spiro atoms. The van der Waals surface area contributed by atoms with E-state index in [0.29, 0.717) is 19.0 Å². The molecule has 0 aliphatic carbocycles. The fraction of sp³-hybridized carbons (Fsp3) is 0.529. The number of benzene rings is 1. The van der Waals surface area contributed by atoms with Crippen LogP contribution in [0.1, 0.15) is 33.3 Å². The van der Waals surface area contributed by atoms with E-state index in [1.54, 1.807) is 7.11 Å². The van der Waals surface area contributed by atoms with Gasteiger partial charge in [0.25, 0.3) is 0 Å². The molecule has 128 valence electrons. The first-order chi connectivity index (χ1) is 10.9. The molecule has 0 radical (unpaired) electrons. The van der Waals surface area contributed by atoms with Crippen molar-refractivity contribution in [3.63, 3.8) is 0 Å². The highest BCUT2D eigenvalue weighted by Gasteiger charge is 2.16. The van der Waals surface area contributed by atoms with Gasteiger partial charge in [0, 0.05) is 12.1 Å². The number of carbonyl (C=O) groups excluding carboxylic acids is 1. The number of aliphatic imine (C=N–C) groups is 1. The van der Waals surface area contributed by atoms with Crippen molar-refractivity contribution in [1.82, 2.24) is 10.6 Å². The lowest BCUT2D eigenvalue weighted by Gasteiger charge is -2.20. The zero-order valence-electron chi connectivity index (χ0n) is 14.6. The molecule has 0 amide bonds. The van der Waals surface area contributed by atoms with Crippen LogP contribution in [0, 0.1) is 0 Å². The summed E-state index contributed by atoms with van der Waals surface area (Å²) < 4.78 is 10.6. The Hall–Kier alpha value is -2.24. The van der Waals surface area contributed by atoms with Crippen molar-refractivity contribution in [3.8, 4) is 5.75 Å². The summed E-state index contributed by atoms with van der Waals surface area (Å²) >= 11 is 0. The minimum absolute atomic E-state index is 0.0645. The second kappa shape index (κ2) is 9.02. The summed E-state index contributed by atoms with van der Waals surface area (Å²) in [5, 5.41) is 6.07. The van der Waals surface area contributed by atoms with E-state index < -0.39 is 5.60 Å². The topological polar surface area (TPSA) is 72.0 Å². The van der Waals surface area contributed by atoms with Gasteiger partial charge in [-0.3, -0.25) is 4.79 Å². The molecule has 0 bridgehead atoms. The van der Waals surface area contributed by atoms with E-state index >= 15 is 0 Å². The van der Waals surface area contributed by atoms with E-state index in [1.807, 2.05) is 52.0 Å².